The van der Waals surface area contributed by atoms with E-state index in [2.05, 4.69) is 0 Å². The van der Waals surface area contributed by atoms with Crippen LogP contribution in [0.25, 0.3) is 0 Å². The number of carboxylic acid groups (broad SMARTS) is 1. The van der Waals surface area contributed by atoms with Crippen LogP contribution in [0.4, 0.5) is 0 Å². The Bertz CT molecular complexity index is 172. The molecule has 0 aliphatic heterocycles. The van der Waals surface area contributed by atoms with Crippen LogP contribution in [0.3, 0.4) is 0 Å². The standard InChI is InChI=1S/C9H17NO2.ClH/c10-7-9(6-8(11)12)4-2-1-3-5-9;/h1-7,10H2,(H,11,12);1H. The Labute approximate surface area is 86.6 Å². The van der Waals surface area contributed by atoms with Crippen LogP contribution >= 0.6 is 0 Å². The first-order valence-electron chi connectivity index (χ1n) is 4.60. The van der Waals surface area contributed by atoms with Crippen molar-refractivity contribution in [1.29, 1.82) is 0 Å². The minimum atomic E-state index is -0.706. The van der Waals surface area contributed by atoms with Crippen molar-refractivity contribution in [3.8, 4) is 0 Å². The predicted molar refractivity (Wildman–Crippen MR) is 47.9 cm³/mol. The SMILES string of the molecule is NCC1(CC(=O)O)CCCCC1.[Cl-].[H+]. The smallest absolute Gasteiger partial charge is 1.00 e. The van der Waals surface area contributed by atoms with Gasteiger partial charge in [-0.15, -0.1) is 0 Å². The summed E-state index contributed by atoms with van der Waals surface area (Å²) in [6, 6.07) is 0. The van der Waals surface area contributed by atoms with Crippen LogP contribution in [-0.2, 0) is 4.79 Å². The van der Waals surface area contributed by atoms with E-state index >= 15 is 0 Å². The first-order valence-corrected chi connectivity index (χ1v) is 4.60. The largest absolute Gasteiger partial charge is 1.00 e. The minimum absolute atomic E-state index is 0. The Morgan fingerprint density at radius 1 is 1.38 bits per heavy atom. The predicted octanol–water partition coefficient (Wildman–Crippen LogP) is -1.51. The van der Waals surface area contributed by atoms with Gasteiger partial charge in [-0.2, -0.15) is 0 Å². The third-order valence-corrected chi connectivity index (χ3v) is 2.87. The topological polar surface area (TPSA) is 63.3 Å². The summed E-state index contributed by atoms with van der Waals surface area (Å²) in [7, 11) is 0. The Hall–Kier alpha value is -0.280. The highest BCUT2D eigenvalue weighted by Gasteiger charge is 2.32. The van der Waals surface area contributed by atoms with Crippen LogP contribution < -0.4 is 18.1 Å². The maximum atomic E-state index is 10.6. The highest BCUT2D eigenvalue weighted by atomic mass is 35.5. The van der Waals surface area contributed by atoms with Gasteiger partial charge in [0.1, 0.15) is 0 Å². The molecule has 1 rings (SSSR count). The molecule has 1 saturated carbocycles. The van der Waals surface area contributed by atoms with Crippen molar-refractivity contribution < 1.29 is 23.7 Å². The van der Waals surface area contributed by atoms with Gasteiger partial charge in [0.15, 0.2) is 0 Å². The van der Waals surface area contributed by atoms with Gasteiger partial charge in [-0.05, 0) is 24.8 Å². The number of nitrogens with two attached hydrogens (primary N) is 1. The van der Waals surface area contributed by atoms with Gasteiger partial charge in [0.25, 0.3) is 0 Å². The summed E-state index contributed by atoms with van der Waals surface area (Å²) >= 11 is 0. The van der Waals surface area contributed by atoms with Crippen molar-refractivity contribution in [1.82, 2.24) is 0 Å². The molecule has 0 heterocycles. The van der Waals surface area contributed by atoms with Gasteiger partial charge in [0, 0.05) is 0 Å². The fraction of sp³-hybridized carbons (Fsp3) is 0.889. The second-order valence-corrected chi connectivity index (χ2v) is 3.84. The van der Waals surface area contributed by atoms with E-state index in [9.17, 15) is 4.79 Å². The van der Waals surface area contributed by atoms with Crippen LogP contribution in [0.2, 0.25) is 0 Å². The van der Waals surface area contributed by atoms with Gasteiger partial charge >= 0.3 is 7.40 Å². The van der Waals surface area contributed by atoms with Crippen LogP contribution in [-0.4, -0.2) is 17.6 Å². The summed E-state index contributed by atoms with van der Waals surface area (Å²) in [6.07, 6.45) is 5.77. The monoisotopic (exact) mass is 207 g/mol. The molecule has 0 radical (unpaired) electrons. The van der Waals surface area contributed by atoms with Gasteiger partial charge in [-0.1, -0.05) is 19.3 Å². The molecule has 13 heavy (non-hydrogen) atoms. The lowest BCUT2D eigenvalue weighted by atomic mass is 9.72. The van der Waals surface area contributed by atoms with E-state index < -0.39 is 5.97 Å². The van der Waals surface area contributed by atoms with Gasteiger partial charge in [0.05, 0.1) is 6.42 Å². The molecule has 0 unspecified atom stereocenters. The number of hydrogen-bond acceptors (Lipinski definition) is 2. The molecule has 1 aliphatic rings. The van der Waals surface area contributed by atoms with Crippen molar-refractivity contribution in [2.24, 2.45) is 11.1 Å². The third-order valence-electron chi connectivity index (χ3n) is 2.87. The Morgan fingerprint density at radius 2 is 1.92 bits per heavy atom. The lowest BCUT2D eigenvalue weighted by Crippen LogP contribution is -3.00. The van der Waals surface area contributed by atoms with Gasteiger partial charge < -0.3 is 23.2 Å². The maximum absolute atomic E-state index is 10.6. The fourth-order valence-electron chi connectivity index (χ4n) is 2.08. The molecule has 0 atom stereocenters. The van der Waals surface area contributed by atoms with E-state index in [1.54, 1.807) is 0 Å². The molecule has 0 aromatic carbocycles. The number of hydrogen-bond donors (Lipinski definition) is 2. The molecular formula is C9H18ClNO2. The van der Waals surface area contributed by atoms with Crippen LogP contribution in [0.5, 0.6) is 0 Å². The van der Waals surface area contributed by atoms with E-state index in [4.69, 9.17) is 10.8 Å². The maximum Gasteiger partial charge on any atom is 1.00 e. The van der Waals surface area contributed by atoms with Crippen LogP contribution in [0.1, 0.15) is 40.0 Å². The van der Waals surface area contributed by atoms with E-state index in [0.29, 0.717) is 6.54 Å². The average molecular weight is 208 g/mol. The van der Waals surface area contributed by atoms with Crippen molar-refractivity contribution in [2.75, 3.05) is 6.54 Å². The molecule has 1 fully saturated rings. The summed E-state index contributed by atoms with van der Waals surface area (Å²) in [5, 5.41) is 8.71. The van der Waals surface area contributed by atoms with Crippen molar-refractivity contribution in [3.05, 3.63) is 0 Å². The Balaban J connectivity index is 0. The Kier molecular flexibility index (Phi) is 5.33. The molecule has 0 aromatic rings. The van der Waals surface area contributed by atoms with Crippen LogP contribution in [0.15, 0.2) is 0 Å². The third kappa shape index (κ3) is 3.53. The fourth-order valence-corrected chi connectivity index (χ4v) is 2.08. The van der Waals surface area contributed by atoms with E-state index in [1.807, 2.05) is 0 Å². The van der Waals surface area contributed by atoms with E-state index in [1.165, 1.54) is 6.42 Å². The molecule has 4 heteroatoms. The normalized spacial score (nSPS) is 20.4. The van der Waals surface area contributed by atoms with Crippen molar-refractivity contribution in [2.45, 2.75) is 38.5 Å². The molecule has 1 aliphatic carbocycles. The number of halogens is 1. The molecular weight excluding hydrogens is 190 g/mol. The molecule has 0 bridgehead atoms. The number of aliphatic carboxylic acids is 1. The highest BCUT2D eigenvalue weighted by Crippen LogP contribution is 2.38. The highest BCUT2D eigenvalue weighted by molar-refractivity contribution is 5.67. The van der Waals surface area contributed by atoms with Gasteiger partial charge in [-0.25, -0.2) is 0 Å². The summed E-state index contributed by atoms with van der Waals surface area (Å²) in [6.45, 7) is 0.527. The van der Waals surface area contributed by atoms with Gasteiger partial charge in [-0.3, -0.25) is 4.79 Å². The molecule has 3 N–H and O–H groups in total. The van der Waals surface area contributed by atoms with Gasteiger partial charge in [0.2, 0.25) is 0 Å². The van der Waals surface area contributed by atoms with Crippen molar-refractivity contribution in [3.63, 3.8) is 0 Å². The summed E-state index contributed by atoms with van der Waals surface area (Å²) in [4.78, 5) is 10.6. The van der Waals surface area contributed by atoms with E-state index in [0.717, 1.165) is 25.7 Å². The molecule has 0 saturated heterocycles. The molecule has 0 amide bonds. The lowest BCUT2D eigenvalue weighted by Gasteiger charge is -2.34. The Morgan fingerprint density at radius 3 is 2.31 bits per heavy atom. The summed E-state index contributed by atoms with van der Waals surface area (Å²) in [5.74, 6) is -0.706. The molecule has 3 nitrogen and oxygen atoms in total. The minimum Gasteiger partial charge on any atom is -1.00 e. The second-order valence-electron chi connectivity index (χ2n) is 3.84. The quantitative estimate of drug-likeness (QED) is 0.592. The number of carbonyl (C=O) groups is 1. The number of rotatable bonds is 3. The first kappa shape index (κ1) is 12.7. The zero-order valence-electron chi connectivity index (χ0n) is 8.76. The lowest BCUT2D eigenvalue weighted by molar-refractivity contribution is -0.140. The second kappa shape index (κ2) is 5.45. The number of carboxylic acids is 1. The molecule has 0 spiro atoms. The molecule has 78 valence electrons. The zero-order chi connectivity index (χ0) is 9.03. The average Bonchev–Trinajstić information content (AvgIpc) is 2.05. The zero-order valence-corrected chi connectivity index (χ0v) is 8.52. The summed E-state index contributed by atoms with van der Waals surface area (Å²) in [5.41, 5.74) is 5.54. The summed E-state index contributed by atoms with van der Waals surface area (Å²) < 4.78 is 0. The molecule has 0 aromatic heterocycles. The first-order chi connectivity index (χ1) is 5.68. The van der Waals surface area contributed by atoms with E-state index in [-0.39, 0.29) is 25.7 Å². The van der Waals surface area contributed by atoms with Crippen LogP contribution in [0, 0.1) is 5.41 Å². The van der Waals surface area contributed by atoms with Crippen molar-refractivity contribution >= 4 is 5.97 Å².